The molecule has 0 unspecified atom stereocenters. The first-order valence-corrected chi connectivity index (χ1v) is 12.0. The van der Waals surface area contributed by atoms with E-state index in [0.717, 1.165) is 25.1 Å². The van der Waals surface area contributed by atoms with E-state index in [4.69, 9.17) is 0 Å². The van der Waals surface area contributed by atoms with E-state index in [1.165, 1.54) is 28.0 Å². The molecule has 7 nitrogen and oxygen atoms in total. The number of aliphatic hydroxyl groups is 1. The van der Waals surface area contributed by atoms with Gasteiger partial charge in [-0.15, -0.1) is 0 Å². The summed E-state index contributed by atoms with van der Waals surface area (Å²) >= 11 is 0. The van der Waals surface area contributed by atoms with E-state index < -0.39 is 29.5 Å². The molecule has 0 bridgehead atoms. The number of carbonyl (C=O) groups excluding carboxylic acids is 2. The molecule has 192 valence electrons. The van der Waals surface area contributed by atoms with E-state index in [1.807, 2.05) is 4.90 Å². The fourth-order valence-electron chi connectivity index (χ4n) is 4.98. The van der Waals surface area contributed by atoms with Crippen molar-refractivity contribution in [1.82, 2.24) is 9.88 Å². The maximum Gasteiger partial charge on any atom is 0.417 e. The van der Waals surface area contributed by atoms with Crippen molar-refractivity contribution in [2.24, 2.45) is 0 Å². The molecule has 3 aliphatic rings. The van der Waals surface area contributed by atoms with Crippen LogP contribution in [-0.4, -0.2) is 65.6 Å². The van der Waals surface area contributed by atoms with Gasteiger partial charge in [-0.3, -0.25) is 9.59 Å². The van der Waals surface area contributed by atoms with Gasteiger partial charge in [0.25, 0.3) is 5.91 Å². The number of alkyl halides is 3. The molecular weight excluding hydrogens is 480 g/mol. The molecule has 2 amide bonds. The summed E-state index contributed by atoms with van der Waals surface area (Å²) < 4.78 is 54.4. The Labute approximate surface area is 205 Å². The first kappa shape index (κ1) is 24.5. The number of piperazine rings is 1. The number of aliphatic hydroxyl groups excluding tert-OH is 1. The molecule has 3 heterocycles. The van der Waals surface area contributed by atoms with Gasteiger partial charge in [0, 0.05) is 44.5 Å². The maximum atomic E-state index is 14.9. The molecule has 11 heteroatoms. The third-order valence-corrected chi connectivity index (χ3v) is 7.10. The number of pyridine rings is 1. The summed E-state index contributed by atoms with van der Waals surface area (Å²) in [6, 6.07) is 4.77. The second kappa shape index (κ2) is 9.34. The summed E-state index contributed by atoms with van der Waals surface area (Å²) in [4.78, 5) is 34.1. The van der Waals surface area contributed by atoms with Crippen molar-refractivity contribution < 1.29 is 32.3 Å². The number of rotatable bonds is 5. The van der Waals surface area contributed by atoms with Crippen LogP contribution in [0, 0.1) is 5.82 Å². The number of benzene rings is 1. The molecule has 1 aromatic heterocycles. The maximum absolute atomic E-state index is 14.9. The van der Waals surface area contributed by atoms with Crippen molar-refractivity contribution in [3.63, 3.8) is 0 Å². The van der Waals surface area contributed by atoms with E-state index >= 15 is 0 Å². The zero-order valence-corrected chi connectivity index (χ0v) is 19.5. The van der Waals surface area contributed by atoms with Crippen LogP contribution < -0.4 is 9.80 Å². The molecule has 1 aromatic carbocycles. The highest BCUT2D eigenvalue weighted by Crippen LogP contribution is 2.45. The number of aromatic nitrogens is 1. The molecule has 0 radical (unpaired) electrons. The van der Waals surface area contributed by atoms with E-state index in [1.54, 1.807) is 0 Å². The van der Waals surface area contributed by atoms with Crippen LogP contribution in [0.3, 0.4) is 0 Å². The molecule has 3 fully saturated rings. The Morgan fingerprint density at radius 1 is 1.08 bits per heavy atom. The van der Waals surface area contributed by atoms with Gasteiger partial charge in [0.15, 0.2) is 0 Å². The molecule has 2 aromatic rings. The highest BCUT2D eigenvalue weighted by atomic mass is 19.4. The van der Waals surface area contributed by atoms with Crippen molar-refractivity contribution in [2.75, 3.05) is 42.6 Å². The smallest absolute Gasteiger partial charge is 0.394 e. The number of halogens is 4. The third-order valence-electron chi connectivity index (χ3n) is 7.10. The van der Waals surface area contributed by atoms with Gasteiger partial charge in [0.2, 0.25) is 5.91 Å². The Morgan fingerprint density at radius 2 is 1.81 bits per heavy atom. The number of anilines is 2. The van der Waals surface area contributed by atoms with Gasteiger partial charge in [-0.05, 0) is 55.0 Å². The monoisotopic (exact) mass is 506 g/mol. The van der Waals surface area contributed by atoms with Crippen LogP contribution in [0.4, 0.5) is 29.1 Å². The van der Waals surface area contributed by atoms with E-state index in [0.29, 0.717) is 36.6 Å². The number of nitrogens with zero attached hydrogens (tertiary/aromatic N) is 4. The average Bonchev–Trinajstić information content (AvgIpc) is 3.64. The van der Waals surface area contributed by atoms with Crippen molar-refractivity contribution in [3.05, 3.63) is 53.0 Å². The molecule has 0 spiro atoms. The molecule has 2 saturated heterocycles. The second-order valence-corrected chi connectivity index (χ2v) is 9.49. The molecular formula is C25H26F4N4O3. The van der Waals surface area contributed by atoms with Crippen LogP contribution >= 0.6 is 0 Å². The largest absolute Gasteiger partial charge is 0.417 e. The molecule has 5 rings (SSSR count). The summed E-state index contributed by atoms with van der Waals surface area (Å²) in [5.41, 5.74) is 0.00725. The predicted molar refractivity (Wildman–Crippen MR) is 123 cm³/mol. The van der Waals surface area contributed by atoms with Crippen LogP contribution in [-0.2, 0) is 11.0 Å². The normalized spacial score (nSPS) is 20.9. The Morgan fingerprint density at radius 3 is 2.42 bits per heavy atom. The lowest BCUT2D eigenvalue weighted by molar-refractivity contribution is -0.137. The first-order chi connectivity index (χ1) is 17.2. The van der Waals surface area contributed by atoms with E-state index in [9.17, 15) is 32.3 Å². The van der Waals surface area contributed by atoms with Gasteiger partial charge in [0.05, 0.1) is 23.8 Å². The topological polar surface area (TPSA) is 77.0 Å². The van der Waals surface area contributed by atoms with Gasteiger partial charge >= 0.3 is 6.18 Å². The molecule has 1 N–H and O–H groups in total. The summed E-state index contributed by atoms with van der Waals surface area (Å²) in [7, 11) is 0. The van der Waals surface area contributed by atoms with Crippen molar-refractivity contribution in [1.29, 1.82) is 0 Å². The van der Waals surface area contributed by atoms with E-state index in [2.05, 4.69) is 4.98 Å². The quantitative estimate of drug-likeness (QED) is 0.628. The molecule has 1 aliphatic carbocycles. The zero-order valence-electron chi connectivity index (χ0n) is 19.5. The number of carbonyl (C=O) groups is 2. The molecule has 2 aliphatic heterocycles. The van der Waals surface area contributed by atoms with Crippen molar-refractivity contribution >= 4 is 23.3 Å². The summed E-state index contributed by atoms with van der Waals surface area (Å²) in [5, 5.41) is 9.49. The summed E-state index contributed by atoms with van der Waals surface area (Å²) in [5.74, 6) is -0.868. The Hall–Kier alpha value is -3.21. The highest BCUT2D eigenvalue weighted by molar-refractivity contribution is 5.98. The second-order valence-electron chi connectivity index (χ2n) is 9.49. The Kier molecular flexibility index (Phi) is 6.36. The van der Waals surface area contributed by atoms with Crippen LogP contribution in [0.5, 0.6) is 0 Å². The third kappa shape index (κ3) is 4.63. The molecule has 1 saturated carbocycles. The van der Waals surface area contributed by atoms with Crippen LogP contribution in [0.2, 0.25) is 0 Å². The van der Waals surface area contributed by atoms with Gasteiger partial charge in [-0.25, -0.2) is 9.37 Å². The summed E-state index contributed by atoms with van der Waals surface area (Å²) in [6.45, 7) is 1.04. The van der Waals surface area contributed by atoms with Crippen LogP contribution in [0.25, 0.3) is 0 Å². The minimum atomic E-state index is -4.46. The minimum Gasteiger partial charge on any atom is -0.394 e. The van der Waals surface area contributed by atoms with Gasteiger partial charge in [-0.2, -0.15) is 13.2 Å². The fourth-order valence-corrected chi connectivity index (χ4v) is 4.98. The fraction of sp³-hybridized carbons (Fsp3) is 0.480. The zero-order chi connectivity index (χ0) is 25.6. The van der Waals surface area contributed by atoms with Gasteiger partial charge in [0.1, 0.15) is 11.6 Å². The number of hydrogen-bond acceptors (Lipinski definition) is 5. The minimum absolute atomic E-state index is 0.0648. The summed E-state index contributed by atoms with van der Waals surface area (Å²) in [6.07, 6.45) is -1.20. The lowest BCUT2D eigenvalue weighted by atomic mass is 10.1. The number of hydrogen-bond donors (Lipinski definition) is 1. The van der Waals surface area contributed by atoms with Gasteiger partial charge < -0.3 is 19.8 Å². The first-order valence-electron chi connectivity index (χ1n) is 12.0. The van der Waals surface area contributed by atoms with Crippen LogP contribution in [0.15, 0.2) is 30.5 Å². The van der Waals surface area contributed by atoms with Crippen LogP contribution in [0.1, 0.15) is 53.1 Å². The van der Waals surface area contributed by atoms with Crippen molar-refractivity contribution in [2.45, 2.75) is 43.8 Å². The average molecular weight is 507 g/mol. The highest BCUT2D eigenvalue weighted by Gasteiger charge is 2.37. The lowest BCUT2D eigenvalue weighted by Crippen LogP contribution is -2.49. The van der Waals surface area contributed by atoms with Crippen molar-refractivity contribution in [3.8, 4) is 0 Å². The van der Waals surface area contributed by atoms with E-state index in [-0.39, 0.29) is 43.5 Å². The SMILES string of the molecule is O=C(c1ccc(N2C(=O)CC[C@H]2CO)cc1F)N1CCN(c2ncc(C(F)(F)F)cc2C2CC2)CC1. The Bertz CT molecular complexity index is 1180. The molecule has 1 atom stereocenters. The Balaban J connectivity index is 1.28. The standard InChI is InChI=1S/C25H26F4N4O3/c26-21-12-17(33-18(14-34)4-6-22(33)35)3-5-19(21)24(36)32-9-7-31(8-10-32)23-20(15-1-2-15)11-16(13-30-23)25(27,28)29/h3,5,11-13,15,18,34H,1-2,4,6-10,14H2/t18-/m0/s1. The molecule has 36 heavy (non-hydrogen) atoms. The predicted octanol–water partition coefficient (Wildman–Crippen LogP) is 3.57. The lowest BCUT2D eigenvalue weighted by Gasteiger charge is -2.36. The number of amides is 2. The van der Waals surface area contributed by atoms with Gasteiger partial charge in [-0.1, -0.05) is 0 Å².